The lowest BCUT2D eigenvalue weighted by Crippen LogP contribution is -2.20. The Hall–Kier alpha value is -2.29. The number of anilines is 1. The van der Waals surface area contributed by atoms with Crippen molar-refractivity contribution >= 4 is 11.6 Å². The van der Waals surface area contributed by atoms with Gasteiger partial charge in [0.25, 0.3) is 0 Å². The first-order valence-electron chi connectivity index (χ1n) is 6.93. The molecule has 1 aliphatic carbocycles. The number of rotatable bonds is 4. The predicted octanol–water partition coefficient (Wildman–Crippen LogP) is 2.81. The van der Waals surface area contributed by atoms with Gasteiger partial charge < -0.3 is 10.6 Å². The van der Waals surface area contributed by atoms with Crippen LogP contribution in [0.3, 0.4) is 0 Å². The van der Waals surface area contributed by atoms with Gasteiger partial charge >= 0.3 is 0 Å². The van der Waals surface area contributed by atoms with Gasteiger partial charge in [0.05, 0.1) is 0 Å². The van der Waals surface area contributed by atoms with Crippen molar-refractivity contribution in [1.29, 1.82) is 0 Å². The lowest BCUT2D eigenvalue weighted by Gasteiger charge is -2.08. The zero-order chi connectivity index (χ0) is 13.9. The molecule has 0 heterocycles. The van der Waals surface area contributed by atoms with Gasteiger partial charge in [-0.3, -0.25) is 4.79 Å². The van der Waals surface area contributed by atoms with Crippen molar-refractivity contribution in [2.45, 2.75) is 12.8 Å². The summed E-state index contributed by atoms with van der Waals surface area (Å²) in [6.07, 6.45) is 1.49. The van der Waals surface area contributed by atoms with Crippen molar-refractivity contribution in [1.82, 2.24) is 5.32 Å². The molecule has 0 radical (unpaired) electrons. The SMILES string of the molecule is CNC(=O)CCNc1ccc2c(c1)Cc1ccccc1-2. The molecule has 102 valence electrons. The maximum Gasteiger partial charge on any atom is 0.221 e. The summed E-state index contributed by atoms with van der Waals surface area (Å²) < 4.78 is 0. The number of hydrogen-bond donors (Lipinski definition) is 2. The second-order valence-corrected chi connectivity index (χ2v) is 5.06. The predicted molar refractivity (Wildman–Crippen MR) is 81.9 cm³/mol. The Morgan fingerprint density at radius 1 is 1.10 bits per heavy atom. The van der Waals surface area contributed by atoms with E-state index in [0.29, 0.717) is 13.0 Å². The lowest BCUT2D eigenvalue weighted by molar-refractivity contribution is -0.120. The number of benzene rings is 2. The third kappa shape index (κ3) is 2.39. The van der Waals surface area contributed by atoms with Crippen LogP contribution in [0.15, 0.2) is 42.5 Å². The Balaban J connectivity index is 1.72. The van der Waals surface area contributed by atoms with E-state index in [1.54, 1.807) is 7.05 Å². The first kappa shape index (κ1) is 12.7. The van der Waals surface area contributed by atoms with Crippen molar-refractivity contribution in [2.75, 3.05) is 18.9 Å². The van der Waals surface area contributed by atoms with Gasteiger partial charge in [0.1, 0.15) is 0 Å². The average Bonchev–Trinajstić information content (AvgIpc) is 2.84. The molecule has 20 heavy (non-hydrogen) atoms. The molecular weight excluding hydrogens is 248 g/mol. The molecule has 2 aromatic rings. The van der Waals surface area contributed by atoms with Crippen molar-refractivity contribution in [3.63, 3.8) is 0 Å². The smallest absolute Gasteiger partial charge is 0.221 e. The monoisotopic (exact) mass is 266 g/mol. The van der Waals surface area contributed by atoms with E-state index in [4.69, 9.17) is 0 Å². The van der Waals surface area contributed by atoms with Gasteiger partial charge in [-0.15, -0.1) is 0 Å². The Morgan fingerprint density at radius 2 is 1.90 bits per heavy atom. The van der Waals surface area contributed by atoms with Gasteiger partial charge in [0.15, 0.2) is 0 Å². The summed E-state index contributed by atoms with van der Waals surface area (Å²) in [5, 5.41) is 5.93. The molecule has 3 rings (SSSR count). The minimum atomic E-state index is 0.0612. The summed E-state index contributed by atoms with van der Waals surface area (Å²) in [6, 6.07) is 15.0. The van der Waals surface area contributed by atoms with Gasteiger partial charge in [-0.25, -0.2) is 0 Å². The summed E-state index contributed by atoms with van der Waals surface area (Å²) >= 11 is 0. The van der Waals surface area contributed by atoms with Crippen LogP contribution in [0.5, 0.6) is 0 Å². The molecule has 0 unspecified atom stereocenters. The normalized spacial score (nSPS) is 11.7. The molecule has 1 aliphatic rings. The maximum absolute atomic E-state index is 11.2. The van der Waals surface area contributed by atoms with E-state index in [1.165, 1.54) is 22.3 Å². The van der Waals surface area contributed by atoms with Crippen molar-refractivity contribution in [3.05, 3.63) is 53.6 Å². The van der Waals surface area contributed by atoms with E-state index in [2.05, 4.69) is 53.1 Å². The topological polar surface area (TPSA) is 41.1 Å². The molecule has 0 atom stereocenters. The van der Waals surface area contributed by atoms with Crippen LogP contribution in [0.4, 0.5) is 5.69 Å². The fraction of sp³-hybridized carbons (Fsp3) is 0.235. The quantitative estimate of drug-likeness (QED) is 0.762. The molecule has 0 saturated heterocycles. The molecule has 1 amide bonds. The molecule has 3 heteroatoms. The van der Waals surface area contributed by atoms with E-state index in [-0.39, 0.29) is 5.91 Å². The highest BCUT2D eigenvalue weighted by Crippen LogP contribution is 2.37. The molecular formula is C17H18N2O. The molecule has 3 nitrogen and oxygen atoms in total. The molecule has 2 aromatic carbocycles. The van der Waals surface area contributed by atoms with Crippen molar-refractivity contribution < 1.29 is 4.79 Å². The Morgan fingerprint density at radius 3 is 2.75 bits per heavy atom. The number of carbonyl (C=O) groups is 1. The van der Waals surface area contributed by atoms with Crippen LogP contribution < -0.4 is 10.6 Å². The second-order valence-electron chi connectivity index (χ2n) is 5.06. The van der Waals surface area contributed by atoms with Gasteiger partial charge in [-0.05, 0) is 40.8 Å². The van der Waals surface area contributed by atoms with E-state index >= 15 is 0 Å². The zero-order valence-corrected chi connectivity index (χ0v) is 11.6. The summed E-state index contributed by atoms with van der Waals surface area (Å²) in [5.41, 5.74) is 6.51. The minimum absolute atomic E-state index is 0.0612. The first-order chi connectivity index (χ1) is 9.78. The Labute approximate surface area is 119 Å². The summed E-state index contributed by atoms with van der Waals surface area (Å²) in [7, 11) is 1.66. The maximum atomic E-state index is 11.2. The van der Waals surface area contributed by atoms with Crippen molar-refractivity contribution in [2.24, 2.45) is 0 Å². The largest absolute Gasteiger partial charge is 0.385 e. The number of nitrogens with one attached hydrogen (secondary N) is 2. The first-order valence-corrected chi connectivity index (χ1v) is 6.93. The summed E-state index contributed by atoms with van der Waals surface area (Å²) in [5.74, 6) is 0.0612. The van der Waals surface area contributed by atoms with Crippen LogP contribution >= 0.6 is 0 Å². The number of carbonyl (C=O) groups excluding carboxylic acids is 1. The number of amides is 1. The standard InChI is InChI=1S/C17H18N2O/c1-18-17(20)8-9-19-14-6-7-16-13(11-14)10-12-4-2-3-5-15(12)16/h2-7,11,19H,8-10H2,1H3,(H,18,20). The lowest BCUT2D eigenvalue weighted by atomic mass is 10.1. The summed E-state index contributed by atoms with van der Waals surface area (Å²) in [6.45, 7) is 0.658. The molecule has 0 spiro atoms. The fourth-order valence-electron chi connectivity index (χ4n) is 2.70. The highest BCUT2D eigenvalue weighted by Gasteiger charge is 2.17. The van der Waals surface area contributed by atoms with E-state index in [1.807, 2.05) is 0 Å². The third-order valence-corrected chi connectivity index (χ3v) is 3.75. The third-order valence-electron chi connectivity index (χ3n) is 3.75. The van der Waals surface area contributed by atoms with Crippen LogP contribution in [0, 0.1) is 0 Å². The van der Waals surface area contributed by atoms with Crippen LogP contribution in [0.1, 0.15) is 17.5 Å². The van der Waals surface area contributed by atoms with Crippen LogP contribution in [-0.4, -0.2) is 19.5 Å². The number of hydrogen-bond acceptors (Lipinski definition) is 2. The summed E-state index contributed by atoms with van der Waals surface area (Å²) in [4.78, 5) is 11.2. The van der Waals surface area contributed by atoms with E-state index < -0.39 is 0 Å². The zero-order valence-electron chi connectivity index (χ0n) is 11.6. The van der Waals surface area contributed by atoms with Crippen LogP contribution in [0.2, 0.25) is 0 Å². The van der Waals surface area contributed by atoms with E-state index in [0.717, 1.165) is 12.1 Å². The second kappa shape index (κ2) is 5.37. The molecule has 0 saturated carbocycles. The minimum Gasteiger partial charge on any atom is -0.385 e. The van der Waals surface area contributed by atoms with Gasteiger partial charge in [-0.1, -0.05) is 30.3 Å². The van der Waals surface area contributed by atoms with Gasteiger partial charge in [-0.2, -0.15) is 0 Å². The van der Waals surface area contributed by atoms with Crippen molar-refractivity contribution in [3.8, 4) is 11.1 Å². The molecule has 0 aromatic heterocycles. The number of fused-ring (bicyclic) bond motifs is 3. The van der Waals surface area contributed by atoms with Gasteiger partial charge in [0, 0.05) is 25.7 Å². The molecule has 0 aliphatic heterocycles. The molecule has 2 N–H and O–H groups in total. The molecule has 0 bridgehead atoms. The molecule has 0 fully saturated rings. The average molecular weight is 266 g/mol. The van der Waals surface area contributed by atoms with Crippen LogP contribution in [0.25, 0.3) is 11.1 Å². The highest BCUT2D eigenvalue weighted by atomic mass is 16.1. The Kier molecular flexibility index (Phi) is 3.42. The Bertz CT molecular complexity index is 649. The van der Waals surface area contributed by atoms with E-state index in [9.17, 15) is 4.79 Å². The van der Waals surface area contributed by atoms with Gasteiger partial charge in [0.2, 0.25) is 5.91 Å². The fourth-order valence-corrected chi connectivity index (χ4v) is 2.70. The van der Waals surface area contributed by atoms with Crippen LogP contribution in [-0.2, 0) is 11.2 Å². The highest BCUT2D eigenvalue weighted by molar-refractivity contribution is 5.79.